The predicted octanol–water partition coefficient (Wildman–Crippen LogP) is 2.55. The van der Waals surface area contributed by atoms with Crippen LogP contribution in [0.4, 0.5) is 0 Å². The first-order chi connectivity index (χ1) is 8.89. The van der Waals surface area contributed by atoms with Gasteiger partial charge in [-0.25, -0.2) is 0 Å². The normalized spacial score (nSPS) is 20.4. The van der Waals surface area contributed by atoms with Crippen LogP contribution in [0, 0.1) is 0 Å². The van der Waals surface area contributed by atoms with E-state index in [2.05, 4.69) is 26.8 Å². The molecule has 0 unspecified atom stereocenters. The van der Waals surface area contributed by atoms with Crippen LogP contribution >= 0.6 is 0 Å². The number of nitrogens with two attached hydrogens (primary N) is 1. The summed E-state index contributed by atoms with van der Waals surface area (Å²) in [6, 6.07) is 8.05. The summed E-state index contributed by atoms with van der Waals surface area (Å²) in [5.41, 5.74) is 7.88. The second kappa shape index (κ2) is 5.33. The fourth-order valence-electron chi connectivity index (χ4n) is 2.69. The zero-order valence-electron chi connectivity index (χ0n) is 12.1. The van der Waals surface area contributed by atoms with Gasteiger partial charge in [0.15, 0.2) is 0 Å². The van der Waals surface area contributed by atoms with Crippen LogP contribution in [0.15, 0.2) is 24.3 Å². The lowest BCUT2D eigenvalue weighted by atomic mass is 9.83. The van der Waals surface area contributed by atoms with Crippen molar-refractivity contribution in [2.45, 2.75) is 45.1 Å². The van der Waals surface area contributed by atoms with E-state index in [0.29, 0.717) is 6.54 Å². The van der Waals surface area contributed by atoms with Crippen molar-refractivity contribution < 1.29 is 4.79 Å². The Hall–Kier alpha value is -1.35. The zero-order chi connectivity index (χ0) is 14.0. The smallest absolute Gasteiger partial charge is 0.254 e. The Labute approximate surface area is 115 Å². The zero-order valence-corrected chi connectivity index (χ0v) is 12.1. The Bertz CT molecular complexity index is 462. The van der Waals surface area contributed by atoms with Crippen LogP contribution in [-0.2, 0) is 5.41 Å². The molecule has 3 nitrogen and oxygen atoms in total. The molecule has 19 heavy (non-hydrogen) atoms. The van der Waals surface area contributed by atoms with Crippen molar-refractivity contribution in [1.29, 1.82) is 0 Å². The summed E-state index contributed by atoms with van der Waals surface area (Å²) in [6.07, 6.45) is 2.02. The molecule has 1 aliphatic rings. The van der Waals surface area contributed by atoms with E-state index < -0.39 is 0 Å². The predicted molar refractivity (Wildman–Crippen MR) is 78.3 cm³/mol. The summed E-state index contributed by atoms with van der Waals surface area (Å²) in [6.45, 7) is 7.92. The number of benzene rings is 1. The molecule has 0 aromatic heterocycles. The molecule has 0 aliphatic carbocycles. The van der Waals surface area contributed by atoms with Gasteiger partial charge in [0.2, 0.25) is 0 Å². The van der Waals surface area contributed by atoms with E-state index in [1.165, 1.54) is 0 Å². The van der Waals surface area contributed by atoms with Gasteiger partial charge in [-0.1, -0.05) is 39.0 Å². The molecule has 1 atom stereocenters. The molecule has 1 saturated heterocycles. The minimum absolute atomic E-state index is 0.0237. The molecule has 2 N–H and O–H groups in total. The Balaban J connectivity index is 2.29. The van der Waals surface area contributed by atoms with Gasteiger partial charge in [0.05, 0.1) is 0 Å². The SMILES string of the molecule is CC(C)(C)c1ccccc1C(=O)N1CCC[C@@H](N)C1. The Morgan fingerprint density at radius 1 is 1.32 bits per heavy atom. The van der Waals surface area contributed by atoms with E-state index in [1.54, 1.807) is 0 Å². The van der Waals surface area contributed by atoms with E-state index in [4.69, 9.17) is 5.73 Å². The number of hydrogen-bond acceptors (Lipinski definition) is 2. The summed E-state index contributed by atoms with van der Waals surface area (Å²) < 4.78 is 0. The molecule has 1 aliphatic heterocycles. The molecule has 1 amide bonds. The highest BCUT2D eigenvalue weighted by atomic mass is 16.2. The number of rotatable bonds is 1. The Kier molecular flexibility index (Phi) is 3.95. The number of likely N-dealkylation sites (tertiary alicyclic amines) is 1. The molecular weight excluding hydrogens is 236 g/mol. The molecule has 0 spiro atoms. The molecule has 1 fully saturated rings. The van der Waals surface area contributed by atoms with Crippen LogP contribution in [0.1, 0.15) is 49.5 Å². The molecule has 0 radical (unpaired) electrons. The van der Waals surface area contributed by atoms with Gasteiger partial charge in [0.25, 0.3) is 5.91 Å². The Morgan fingerprint density at radius 2 is 2.00 bits per heavy atom. The van der Waals surface area contributed by atoms with E-state index in [0.717, 1.165) is 30.5 Å². The van der Waals surface area contributed by atoms with Gasteiger partial charge in [-0.3, -0.25) is 4.79 Å². The van der Waals surface area contributed by atoms with Crippen LogP contribution < -0.4 is 5.73 Å². The third-order valence-corrected chi connectivity index (χ3v) is 3.71. The highest BCUT2D eigenvalue weighted by molar-refractivity contribution is 5.96. The summed E-state index contributed by atoms with van der Waals surface area (Å²) in [4.78, 5) is 14.6. The number of nitrogens with zero attached hydrogens (tertiary/aromatic N) is 1. The van der Waals surface area contributed by atoms with Gasteiger partial charge in [-0.05, 0) is 29.9 Å². The summed E-state index contributed by atoms with van der Waals surface area (Å²) in [5.74, 6) is 0.126. The van der Waals surface area contributed by atoms with E-state index in [1.807, 2.05) is 23.1 Å². The fraction of sp³-hybridized carbons (Fsp3) is 0.562. The van der Waals surface area contributed by atoms with E-state index in [-0.39, 0.29) is 17.4 Å². The van der Waals surface area contributed by atoms with E-state index in [9.17, 15) is 4.79 Å². The molecule has 1 heterocycles. The lowest BCUT2D eigenvalue weighted by Gasteiger charge is -2.32. The van der Waals surface area contributed by atoms with Crippen LogP contribution in [0.25, 0.3) is 0 Å². The Morgan fingerprint density at radius 3 is 2.63 bits per heavy atom. The van der Waals surface area contributed by atoms with Gasteiger partial charge in [-0.15, -0.1) is 0 Å². The highest BCUT2D eigenvalue weighted by Gasteiger charge is 2.26. The van der Waals surface area contributed by atoms with Crippen LogP contribution in [-0.4, -0.2) is 29.9 Å². The quantitative estimate of drug-likeness (QED) is 0.843. The maximum absolute atomic E-state index is 12.7. The number of carbonyl (C=O) groups is 1. The molecule has 1 aromatic carbocycles. The van der Waals surface area contributed by atoms with Crippen LogP contribution in [0.3, 0.4) is 0 Å². The van der Waals surface area contributed by atoms with Gasteiger partial charge in [0.1, 0.15) is 0 Å². The average molecular weight is 260 g/mol. The molecule has 104 valence electrons. The van der Waals surface area contributed by atoms with Crippen molar-refractivity contribution in [2.24, 2.45) is 5.73 Å². The minimum Gasteiger partial charge on any atom is -0.337 e. The minimum atomic E-state index is -0.0237. The number of piperidine rings is 1. The fourth-order valence-corrected chi connectivity index (χ4v) is 2.69. The van der Waals surface area contributed by atoms with Crippen LogP contribution in [0.5, 0.6) is 0 Å². The largest absolute Gasteiger partial charge is 0.337 e. The van der Waals surface area contributed by atoms with Gasteiger partial charge in [0, 0.05) is 24.7 Å². The molecule has 2 rings (SSSR count). The maximum Gasteiger partial charge on any atom is 0.254 e. The lowest BCUT2D eigenvalue weighted by molar-refractivity contribution is 0.0706. The summed E-state index contributed by atoms with van der Waals surface area (Å²) in [5, 5.41) is 0. The molecule has 0 bridgehead atoms. The van der Waals surface area contributed by atoms with Crippen molar-refractivity contribution in [2.75, 3.05) is 13.1 Å². The van der Waals surface area contributed by atoms with Crippen molar-refractivity contribution in [3.05, 3.63) is 35.4 Å². The van der Waals surface area contributed by atoms with Crippen molar-refractivity contribution in [3.8, 4) is 0 Å². The monoisotopic (exact) mass is 260 g/mol. The van der Waals surface area contributed by atoms with Crippen molar-refractivity contribution >= 4 is 5.91 Å². The van der Waals surface area contributed by atoms with E-state index >= 15 is 0 Å². The first-order valence-electron chi connectivity index (χ1n) is 7.04. The molecular formula is C16H24N2O. The number of carbonyl (C=O) groups excluding carboxylic acids is 1. The second-order valence-electron chi connectivity index (χ2n) is 6.45. The lowest BCUT2D eigenvalue weighted by Crippen LogP contribution is -2.46. The maximum atomic E-state index is 12.7. The number of amides is 1. The van der Waals surface area contributed by atoms with Crippen LogP contribution in [0.2, 0.25) is 0 Å². The average Bonchev–Trinajstić information content (AvgIpc) is 2.37. The first kappa shape index (κ1) is 14.1. The van der Waals surface area contributed by atoms with Gasteiger partial charge < -0.3 is 10.6 Å². The first-order valence-corrected chi connectivity index (χ1v) is 7.04. The second-order valence-corrected chi connectivity index (χ2v) is 6.45. The topological polar surface area (TPSA) is 46.3 Å². The van der Waals surface area contributed by atoms with Gasteiger partial charge >= 0.3 is 0 Å². The molecule has 0 saturated carbocycles. The summed E-state index contributed by atoms with van der Waals surface area (Å²) in [7, 11) is 0. The highest BCUT2D eigenvalue weighted by Crippen LogP contribution is 2.27. The third kappa shape index (κ3) is 3.16. The third-order valence-electron chi connectivity index (χ3n) is 3.71. The summed E-state index contributed by atoms with van der Waals surface area (Å²) >= 11 is 0. The van der Waals surface area contributed by atoms with Crippen molar-refractivity contribution in [3.63, 3.8) is 0 Å². The number of hydrogen-bond donors (Lipinski definition) is 1. The molecule has 1 aromatic rings. The molecule has 3 heteroatoms. The standard InChI is InChI=1S/C16H24N2O/c1-16(2,3)14-9-5-4-8-13(14)15(19)18-10-6-7-12(17)11-18/h4-5,8-9,12H,6-7,10-11,17H2,1-3H3/t12-/m1/s1. The van der Waals surface area contributed by atoms with Gasteiger partial charge in [-0.2, -0.15) is 0 Å². The van der Waals surface area contributed by atoms with Crippen molar-refractivity contribution in [1.82, 2.24) is 4.90 Å².